The third kappa shape index (κ3) is 3.23. The summed E-state index contributed by atoms with van der Waals surface area (Å²) in [5, 5.41) is 28.8. The molecule has 5 heteroatoms. The Balaban J connectivity index is 0.00000144. The molecule has 0 aliphatic heterocycles. The molecule has 0 saturated carbocycles. The largest absolute Gasteiger partial charge is 1.00 e. The molecule has 0 bridgehead atoms. The maximum atomic E-state index is 11.2. The summed E-state index contributed by atoms with van der Waals surface area (Å²) in [6.45, 7) is -0.601. The van der Waals surface area contributed by atoms with Gasteiger partial charge in [-0.05, 0) is 23.3 Å². The molecule has 1 aromatic carbocycles. The van der Waals surface area contributed by atoms with Gasteiger partial charge in [0, 0.05) is 4.47 Å². The number of halogens is 1. The average molecular weight is 255 g/mol. The van der Waals surface area contributed by atoms with E-state index in [1.165, 1.54) is 0 Å². The number of aliphatic hydroxyl groups excluding tert-OH is 2. The van der Waals surface area contributed by atoms with Gasteiger partial charge in [-0.15, -0.1) is 0 Å². The number of rotatable bonds is 2. The second-order valence-corrected chi connectivity index (χ2v) is 3.29. The van der Waals surface area contributed by atoms with Crippen molar-refractivity contribution in [3.63, 3.8) is 0 Å². The summed E-state index contributed by atoms with van der Waals surface area (Å²) in [4.78, 5) is 0. The summed E-state index contributed by atoms with van der Waals surface area (Å²) in [6.07, 6.45) is 0. The van der Waals surface area contributed by atoms with Crippen LogP contribution in [-0.2, 0) is 13.2 Å². The topological polar surface area (TPSA) is 63.5 Å². The average Bonchev–Trinajstić information content (AvgIpc) is 2.08. The smallest absolute Gasteiger partial charge is 0.872 e. The predicted molar refractivity (Wildman–Crippen MR) is 45.4 cm³/mol. The Morgan fingerprint density at radius 1 is 1.15 bits per heavy atom. The second-order valence-electron chi connectivity index (χ2n) is 2.37. The minimum Gasteiger partial charge on any atom is -0.872 e. The SMILES string of the molecule is [Na+].[O-]c1c(CO)cc(Br)cc1CO. The fraction of sp³-hybridized carbons (Fsp3) is 0.250. The first kappa shape index (κ1) is 13.4. The van der Waals surface area contributed by atoms with Crippen LogP contribution in [0.2, 0.25) is 0 Å². The normalized spacial score (nSPS) is 9.46. The van der Waals surface area contributed by atoms with E-state index in [1.807, 2.05) is 0 Å². The molecule has 0 saturated heterocycles. The summed E-state index contributed by atoms with van der Waals surface area (Å²) in [6, 6.07) is 3.09. The first-order valence-corrected chi connectivity index (χ1v) is 4.18. The molecule has 2 N–H and O–H groups in total. The van der Waals surface area contributed by atoms with Crippen LogP contribution in [0, 0.1) is 0 Å². The van der Waals surface area contributed by atoms with Crippen LogP contribution in [0.25, 0.3) is 0 Å². The maximum Gasteiger partial charge on any atom is 1.00 e. The van der Waals surface area contributed by atoms with Crippen molar-refractivity contribution in [1.82, 2.24) is 0 Å². The monoisotopic (exact) mass is 254 g/mol. The molecule has 13 heavy (non-hydrogen) atoms. The number of benzene rings is 1. The molecule has 0 amide bonds. The van der Waals surface area contributed by atoms with E-state index in [4.69, 9.17) is 10.2 Å². The number of hydrogen-bond acceptors (Lipinski definition) is 3. The van der Waals surface area contributed by atoms with Gasteiger partial charge in [0.1, 0.15) is 0 Å². The molecule has 1 rings (SSSR count). The summed E-state index contributed by atoms with van der Waals surface area (Å²) < 4.78 is 0.690. The molecule has 1 aromatic rings. The van der Waals surface area contributed by atoms with E-state index in [1.54, 1.807) is 12.1 Å². The van der Waals surface area contributed by atoms with E-state index in [2.05, 4.69) is 15.9 Å². The first-order valence-electron chi connectivity index (χ1n) is 3.39. The van der Waals surface area contributed by atoms with Gasteiger partial charge < -0.3 is 15.3 Å². The fourth-order valence-corrected chi connectivity index (χ4v) is 1.50. The van der Waals surface area contributed by atoms with Gasteiger partial charge in [0.05, 0.1) is 13.2 Å². The molecule has 0 aromatic heterocycles. The molecule has 0 spiro atoms. The minimum atomic E-state index is -0.300. The zero-order chi connectivity index (χ0) is 9.14. The second kappa shape index (κ2) is 6.01. The van der Waals surface area contributed by atoms with Crippen LogP contribution in [0.5, 0.6) is 5.75 Å². The Morgan fingerprint density at radius 2 is 1.54 bits per heavy atom. The molecule has 0 fully saturated rings. The van der Waals surface area contributed by atoms with Gasteiger partial charge in [-0.25, -0.2) is 0 Å². The minimum absolute atomic E-state index is 0. The molecule has 0 aliphatic rings. The number of aliphatic hydroxyl groups is 2. The fourth-order valence-electron chi connectivity index (χ4n) is 0.947. The molecular formula is C8H8BrNaO3. The summed E-state index contributed by atoms with van der Waals surface area (Å²) >= 11 is 3.17. The van der Waals surface area contributed by atoms with E-state index in [0.717, 1.165) is 0 Å². The van der Waals surface area contributed by atoms with Crippen molar-refractivity contribution in [2.75, 3.05) is 0 Å². The van der Waals surface area contributed by atoms with Crippen LogP contribution in [0.4, 0.5) is 0 Å². The first-order chi connectivity index (χ1) is 5.69. The van der Waals surface area contributed by atoms with Crippen LogP contribution in [0.15, 0.2) is 16.6 Å². The van der Waals surface area contributed by atoms with Crippen molar-refractivity contribution >= 4 is 15.9 Å². The maximum absolute atomic E-state index is 11.2. The zero-order valence-electron chi connectivity index (χ0n) is 7.25. The van der Waals surface area contributed by atoms with Crippen molar-refractivity contribution in [2.45, 2.75) is 13.2 Å². The molecule has 3 nitrogen and oxygen atoms in total. The Bertz CT molecular complexity index is 266. The van der Waals surface area contributed by atoms with Crippen LogP contribution >= 0.6 is 15.9 Å². The molecule has 0 aliphatic carbocycles. The van der Waals surface area contributed by atoms with Crippen LogP contribution in [0.3, 0.4) is 0 Å². The van der Waals surface area contributed by atoms with Gasteiger partial charge in [-0.3, -0.25) is 0 Å². The van der Waals surface area contributed by atoms with Gasteiger partial charge >= 0.3 is 29.6 Å². The molecular weight excluding hydrogens is 247 g/mol. The van der Waals surface area contributed by atoms with Crippen molar-refractivity contribution < 1.29 is 44.9 Å². The third-order valence-electron chi connectivity index (χ3n) is 1.55. The summed E-state index contributed by atoms with van der Waals surface area (Å²) in [5.74, 6) is -0.289. The van der Waals surface area contributed by atoms with Crippen molar-refractivity contribution in [2.24, 2.45) is 0 Å². The summed E-state index contributed by atoms with van der Waals surface area (Å²) in [5.41, 5.74) is 0.599. The number of hydrogen-bond donors (Lipinski definition) is 2. The van der Waals surface area contributed by atoms with Crippen LogP contribution in [-0.4, -0.2) is 10.2 Å². The van der Waals surface area contributed by atoms with Crippen molar-refractivity contribution in [3.05, 3.63) is 27.7 Å². The molecule has 0 unspecified atom stereocenters. The van der Waals surface area contributed by atoms with Gasteiger partial charge in [0.2, 0.25) is 0 Å². The molecule has 0 radical (unpaired) electrons. The molecule has 0 heterocycles. The van der Waals surface area contributed by atoms with Gasteiger partial charge in [0.15, 0.2) is 0 Å². The van der Waals surface area contributed by atoms with E-state index in [0.29, 0.717) is 15.6 Å². The van der Waals surface area contributed by atoms with Crippen LogP contribution < -0.4 is 34.7 Å². The Hall–Kier alpha value is 0.420. The Morgan fingerprint density at radius 3 is 1.85 bits per heavy atom. The van der Waals surface area contributed by atoms with E-state index in [9.17, 15) is 5.11 Å². The Kier molecular flexibility index (Phi) is 6.20. The van der Waals surface area contributed by atoms with Gasteiger partial charge in [0.25, 0.3) is 0 Å². The quantitative estimate of drug-likeness (QED) is 0.575. The van der Waals surface area contributed by atoms with Crippen molar-refractivity contribution in [3.8, 4) is 5.75 Å². The van der Waals surface area contributed by atoms with E-state index < -0.39 is 0 Å². The molecule has 66 valence electrons. The van der Waals surface area contributed by atoms with E-state index in [-0.39, 0.29) is 48.5 Å². The van der Waals surface area contributed by atoms with E-state index >= 15 is 0 Å². The third-order valence-corrected chi connectivity index (χ3v) is 2.01. The van der Waals surface area contributed by atoms with Crippen LogP contribution in [0.1, 0.15) is 11.1 Å². The van der Waals surface area contributed by atoms with Gasteiger partial charge in [-0.2, -0.15) is 0 Å². The zero-order valence-corrected chi connectivity index (χ0v) is 10.8. The Labute approximate surface area is 107 Å². The summed E-state index contributed by atoms with van der Waals surface area (Å²) in [7, 11) is 0. The van der Waals surface area contributed by atoms with Gasteiger partial charge in [-0.1, -0.05) is 21.7 Å². The van der Waals surface area contributed by atoms with Crippen molar-refractivity contribution in [1.29, 1.82) is 0 Å². The predicted octanol–water partition coefficient (Wildman–Crippen LogP) is -2.49. The standard InChI is InChI=1S/C8H9BrO3.Na/c9-7-1-5(3-10)8(12)6(2-7)4-11;/h1-2,10-12H,3-4H2;/q;+1/p-1. The molecule has 0 atom stereocenters.